The summed E-state index contributed by atoms with van der Waals surface area (Å²) in [6.45, 7) is 2.60. The van der Waals surface area contributed by atoms with E-state index < -0.39 is 0 Å². The minimum atomic E-state index is -0.162. The Morgan fingerprint density at radius 2 is 2.04 bits per heavy atom. The molecule has 0 aliphatic rings. The van der Waals surface area contributed by atoms with Gasteiger partial charge in [0.1, 0.15) is 5.69 Å². The highest BCUT2D eigenvalue weighted by molar-refractivity contribution is 7.97. The number of carbonyl (C=O) groups excluding carboxylic acids is 1. The van der Waals surface area contributed by atoms with Gasteiger partial charge in [0.25, 0.3) is 5.91 Å². The van der Waals surface area contributed by atoms with Gasteiger partial charge in [-0.3, -0.25) is 9.52 Å². The molecule has 0 fully saturated rings. The molecule has 142 valence electrons. The predicted molar refractivity (Wildman–Crippen MR) is 120 cm³/mol. The lowest BCUT2D eigenvalue weighted by molar-refractivity contribution is 0.0980. The van der Waals surface area contributed by atoms with E-state index in [1.54, 1.807) is 11.3 Å². The molecule has 2 heterocycles. The Balaban J connectivity index is 1.76. The van der Waals surface area contributed by atoms with E-state index in [1.165, 1.54) is 28.8 Å². The summed E-state index contributed by atoms with van der Waals surface area (Å²) in [5.74, 6) is -0.162. The Bertz CT molecular complexity index is 1110. The number of benzene rings is 2. The van der Waals surface area contributed by atoms with Gasteiger partial charge in [-0.2, -0.15) is 0 Å². The molecule has 28 heavy (non-hydrogen) atoms. The SMILES string of the molecule is CSNC(=O)c1nc(N(Cc2ccccc2)c2ccc3ncsc3c2)sc1C. The van der Waals surface area contributed by atoms with Crippen molar-refractivity contribution in [1.82, 2.24) is 14.7 Å². The number of carbonyl (C=O) groups is 1. The van der Waals surface area contributed by atoms with Gasteiger partial charge < -0.3 is 4.90 Å². The first-order valence-electron chi connectivity index (χ1n) is 8.61. The van der Waals surface area contributed by atoms with Crippen molar-refractivity contribution in [3.63, 3.8) is 0 Å². The van der Waals surface area contributed by atoms with Crippen LogP contribution < -0.4 is 9.62 Å². The van der Waals surface area contributed by atoms with Crippen LogP contribution in [0.2, 0.25) is 0 Å². The van der Waals surface area contributed by atoms with Crippen LogP contribution in [0.5, 0.6) is 0 Å². The van der Waals surface area contributed by atoms with Gasteiger partial charge in [-0.25, -0.2) is 9.97 Å². The minimum Gasteiger partial charge on any atom is -0.313 e. The fraction of sp³-hybridized carbons (Fsp3) is 0.150. The Hall–Kier alpha value is -2.42. The zero-order chi connectivity index (χ0) is 19.5. The molecular formula is C20H18N4OS3. The van der Waals surface area contributed by atoms with Gasteiger partial charge in [0.15, 0.2) is 5.13 Å². The number of nitrogens with zero attached hydrogens (tertiary/aromatic N) is 3. The molecule has 0 atom stereocenters. The van der Waals surface area contributed by atoms with Crippen LogP contribution in [0.1, 0.15) is 20.9 Å². The number of rotatable bonds is 6. The molecule has 1 amide bonds. The summed E-state index contributed by atoms with van der Waals surface area (Å²) >= 11 is 4.43. The van der Waals surface area contributed by atoms with Crippen molar-refractivity contribution in [3.8, 4) is 0 Å². The first kappa shape index (κ1) is 18.9. The van der Waals surface area contributed by atoms with Gasteiger partial charge in [-0.05, 0) is 30.7 Å². The van der Waals surface area contributed by atoms with Crippen LogP contribution in [0, 0.1) is 6.92 Å². The number of nitrogens with one attached hydrogen (secondary N) is 1. The number of aryl methyl sites for hydroxylation is 1. The Kier molecular flexibility index (Phi) is 5.61. The highest BCUT2D eigenvalue weighted by Crippen LogP contribution is 2.35. The fourth-order valence-corrected chi connectivity index (χ4v) is 4.81. The van der Waals surface area contributed by atoms with E-state index in [0.29, 0.717) is 12.2 Å². The molecule has 2 aromatic carbocycles. The smallest absolute Gasteiger partial charge is 0.280 e. The minimum absolute atomic E-state index is 0.162. The number of anilines is 2. The summed E-state index contributed by atoms with van der Waals surface area (Å²) < 4.78 is 3.89. The Morgan fingerprint density at radius 3 is 2.82 bits per heavy atom. The van der Waals surface area contributed by atoms with Crippen LogP contribution in [0.3, 0.4) is 0 Å². The van der Waals surface area contributed by atoms with Crippen molar-refractivity contribution >= 4 is 61.6 Å². The average molecular weight is 427 g/mol. The monoisotopic (exact) mass is 426 g/mol. The molecule has 0 aliphatic carbocycles. The van der Waals surface area contributed by atoms with E-state index in [1.807, 2.05) is 43.0 Å². The first-order chi connectivity index (χ1) is 13.7. The lowest BCUT2D eigenvalue weighted by Crippen LogP contribution is -2.19. The molecule has 0 unspecified atom stereocenters. The van der Waals surface area contributed by atoms with Crippen molar-refractivity contribution in [2.24, 2.45) is 0 Å². The lowest BCUT2D eigenvalue weighted by Gasteiger charge is -2.22. The number of hydrogen-bond acceptors (Lipinski definition) is 7. The highest BCUT2D eigenvalue weighted by atomic mass is 32.2. The van der Waals surface area contributed by atoms with Gasteiger partial charge in [-0.15, -0.1) is 22.7 Å². The topological polar surface area (TPSA) is 58.1 Å². The molecule has 0 saturated heterocycles. The van der Waals surface area contributed by atoms with Crippen LogP contribution in [0.4, 0.5) is 10.8 Å². The molecule has 0 bridgehead atoms. The molecule has 0 saturated carbocycles. The maximum Gasteiger partial charge on any atom is 0.280 e. The van der Waals surface area contributed by atoms with Crippen molar-refractivity contribution in [3.05, 3.63) is 70.2 Å². The molecule has 4 aromatic rings. The van der Waals surface area contributed by atoms with Crippen LogP contribution >= 0.6 is 34.6 Å². The molecule has 4 rings (SSSR count). The molecule has 5 nitrogen and oxygen atoms in total. The second-order valence-corrected chi connectivity index (χ2v) is 8.79. The molecule has 2 aromatic heterocycles. The summed E-state index contributed by atoms with van der Waals surface area (Å²) in [5.41, 5.74) is 5.53. The summed E-state index contributed by atoms with van der Waals surface area (Å²) in [4.78, 5) is 24.4. The third-order valence-corrected chi connectivity index (χ3v) is 6.41. The zero-order valence-corrected chi connectivity index (χ0v) is 17.8. The lowest BCUT2D eigenvalue weighted by atomic mass is 10.2. The van der Waals surface area contributed by atoms with Crippen LogP contribution in [-0.2, 0) is 6.54 Å². The highest BCUT2D eigenvalue weighted by Gasteiger charge is 2.20. The number of aromatic nitrogens is 2. The van der Waals surface area contributed by atoms with Gasteiger partial charge in [0.2, 0.25) is 0 Å². The average Bonchev–Trinajstić information content (AvgIpc) is 3.33. The maximum atomic E-state index is 12.3. The quantitative estimate of drug-likeness (QED) is 0.418. The van der Waals surface area contributed by atoms with E-state index in [0.717, 1.165) is 25.9 Å². The summed E-state index contributed by atoms with van der Waals surface area (Å²) in [5, 5.41) is 0.802. The number of thiazole rings is 2. The van der Waals surface area contributed by atoms with Crippen molar-refractivity contribution in [2.75, 3.05) is 11.2 Å². The van der Waals surface area contributed by atoms with Crippen molar-refractivity contribution in [2.45, 2.75) is 13.5 Å². The molecule has 8 heteroatoms. The van der Waals surface area contributed by atoms with E-state index in [2.05, 4.69) is 43.9 Å². The van der Waals surface area contributed by atoms with E-state index in [-0.39, 0.29) is 5.91 Å². The fourth-order valence-electron chi connectivity index (χ4n) is 2.90. The van der Waals surface area contributed by atoms with E-state index in [4.69, 9.17) is 0 Å². The summed E-state index contributed by atoms with van der Waals surface area (Å²) in [7, 11) is 0. The van der Waals surface area contributed by atoms with E-state index in [9.17, 15) is 4.79 Å². The van der Waals surface area contributed by atoms with Gasteiger partial charge in [0, 0.05) is 16.8 Å². The normalized spacial score (nSPS) is 10.9. The number of hydrogen-bond donors (Lipinski definition) is 1. The number of fused-ring (bicyclic) bond motifs is 1. The van der Waals surface area contributed by atoms with Crippen LogP contribution in [-0.4, -0.2) is 22.1 Å². The molecule has 0 aliphatic heterocycles. The molecule has 1 N–H and O–H groups in total. The second kappa shape index (κ2) is 8.30. The van der Waals surface area contributed by atoms with Gasteiger partial charge in [-0.1, -0.05) is 42.3 Å². The summed E-state index contributed by atoms with van der Waals surface area (Å²) in [6, 6.07) is 16.5. The van der Waals surface area contributed by atoms with Gasteiger partial charge in [0.05, 0.1) is 22.3 Å². The Morgan fingerprint density at radius 1 is 1.21 bits per heavy atom. The van der Waals surface area contributed by atoms with Crippen LogP contribution in [0.25, 0.3) is 10.2 Å². The second-order valence-electron chi connectivity index (χ2n) is 6.11. The first-order valence-corrected chi connectivity index (χ1v) is 11.5. The number of amides is 1. The predicted octanol–water partition coefficient (Wildman–Crippen LogP) is 5.41. The van der Waals surface area contributed by atoms with Crippen molar-refractivity contribution < 1.29 is 4.79 Å². The molecule has 0 spiro atoms. The Labute approximate surface area is 175 Å². The van der Waals surface area contributed by atoms with E-state index >= 15 is 0 Å². The molecular weight excluding hydrogens is 408 g/mol. The third kappa shape index (κ3) is 3.89. The third-order valence-electron chi connectivity index (χ3n) is 4.24. The maximum absolute atomic E-state index is 12.3. The molecule has 0 radical (unpaired) electrons. The zero-order valence-electron chi connectivity index (χ0n) is 15.4. The summed E-state index contributed by atoms with van der Waals surface area (Å²) in [6.07, 6.45) is 1.83. The van der Waals surface area contributed by atoms with Gasteiger partial charge >= 0.3 is 0 Å². The largest absolute Gasteiger partial charge is 0.313 e. The standard InChI is InChI=1S/C20H18N4OS3/c1-13-18(19(25)23-26-2)22-20(28-13)24(11-14-6-4-3-5-7-14)15-8-9-16-17(10-15)27-12-21-16/h3-10,12H,11H2,1-2H3,(H,23,25). The van der Waals surface area contributed by atoms with Crippen LogP contribution in [0.15, 0.2) is 54.0 Å². The van der Waals surface area contributed by atoms with Crippen molar-refractivity contribution in [1.29, 1.82) is 0 Å².